The Bertz CT molecular complexity index is 381. The van der Waals surface area contributed by atoms with Crippen LogP contribution in [0.5, 0.6) is 0 Å². The maximum atomic E-state index is 3.68. The van der Waals surface area contributed by atoms with Crippen LogP contribution in [0.25, 0.3) is 0 Å². The van der Waals surface area contributed by atoms with Crippen LogP contribution in [0.3, 0.4) is 0 Å². The minimum Gasteiger partial charge on any atom is -0.310 e. The zero-order valence-electron chi connectivity index (χ0n) is 11.6. The molecular weight excluding hydrogens is 206 g/mol. The van der Waals surface area contributed by atoms with E-state index < -0.39 is 0 Å². The van der Waals surface area contributed by atoms with Gasteiger partial charge in [0.05, 0.1) is 0 Å². The SMILES string of the molecule is CCCNC1CC(C)c2ccc(C(C)C)cc21. The first-order chi connectivity index (χ1) is 8.13. The summed E-state index contributed by atoms with van der Waals surface area (Å²) in [7, 11) is 0. The Labute approximate surface area is 106 Å². The molecule has 1 aliphatic carbocycles. The van der Waals surface area contributed by atoms with Crippen LogP contribution in [0.4, 0.5) is 0 Å². The van der Waals surface area contributed by atoms with Gasteiger partial charge >= 0.3 is 0 Å². The van der Waals surface area contributed by atoms with E-state index in [9.17, 15) is 0 Å². The van der Waals surface area contributed by atoms with Crippen LogP contribution in [-0.4, -0.2) is 6.54 Å². The Kier molecular flexibility index (Phi) is 3.88. The minimum absolute atomic E-state index is 0.582. The van der Waals surface area contributed by atoms with Crippen molar-refractivity contribution in [2.75, 3.05) is 6.54 Å². The first-order valence-electron chi connectivity index (χ1n) is 7.00. The van der Waals surface area contributed by atoms with Gasteiger partial charge in [-0.2, -0.15) is 0 Å². The molecule has 0 heterocycles. The van der Waals surface area contributed by atoms with E-state index in [0.717, 1.165) is 6.54 Å². The number of rotatable bonds is 4. The highest BCUT2D eigenvalue weighted by Gasteiger charge is 2.27. The van der Waals surface area contributed by atoms with Crippen molar-refractivity contribution >= 4 is 0 Å². The van der Waals surface area contributed by atoms with Crippen LogP contribution >= 0.6 is 0 Å². The van der Waals surface area contributed by atoms with E-state index in [-0.39, 0.29) is 0 Å². The highest BCUT2D eigenvalue weighted by atomic mass is 14.9. The van der Waals surface area contributed by atoms with Gasteiger partial charge in [0.25, 0.3) is 0 Å². The van der Waals surface area contributed by atoms with Crippen molar-refractivity contribution in [2.24, 2.45) is 0 Å². The highest BCUT2D eigenvalue weighted by Crippen LogP contribution is 2.41. The summed E-state index contributed by atoms with van der Waals surface area (Å²) in [6, 6.07) is 7.67. The van der Waals surface area contributed by atoms with Gasteiger partial charge in [-0.05, 0) is 47.9 Å². The normalized spacial score (nSPS) is 23.1. The summed E-state index contributed by atoms with van der Waals surface area (Å²) < 4.78 is 0. The Morgan fingerprint density at radius 1 is 1.29 bits per heavy atom. The molecule has 2 unspecified atom stereocenters. The first kappa shape index (κ1) is 12.6. The molecule has 17 heavy (non-hydrogen) atoms. The van der Waals surface area contributed by atoms with Gasteiger partial charge in [-0.1, -0.05) is 45.9 Å². The van der Waals surface area contributed by atoms with Gasteiger partial charge in [0.1, 0.15) is 0 Å². The molecule has 2 rings (SSSR count). The van der Waals surface area contributed by atoms with E-state index in [0.29, 0.717) is 17.9 Å². The second kappa shape index (κ2) is 5.22. The lowest BCUT2D eigenvalue weighted by Gasteiger charge is -2.15. The van der Waals surface area contributed by atoms with Crippen molar-refractivity contribution in [1.29, 1.82) is 0 Å². The quantitative estimate of drug-likeness (QED) is 0.812. The molecule has 0 saturated carbocycles. The van der Waals surface area contributed by atoms with Gasteiger partial charge in [-0.15, -0.1) is 0 Å². The van der Waals surface area contributed by atoms with Gasteiger partial charge in [-0.25, -0.2) is 0 Å². The number of fused-ring (bicyclic) bond motifs is 1. The van der Waals surface area contributed by atoms with Crippen LogP contribution in [0, 0.1) is 0 Å². The molecule has 0 spiro atoms. The summed E-state index contributed by atoms with van der Waals surface area (Å²) in [5.41, 5.74) is 4.58. The van der Waals surface area contributed by atoms with E-state index in [1.807, 2.05) is 0 Å². The maximum Gasteiger partial charge on any atom is 0.0328 e. The number of hydrogen-bond donors (Lipinski definition) is 1. The third-order valence-electron chi connectivity index (χ3n) is 3.91. The molecule has 1 heteroatoms. The van der Waals surface area contributed by atoms with Crippen molar-refractivity contribution in [1.82, 2.24) is 5.32 Å². The van der Waals surface area contributed by atoms with E-state index in [1.54, 1.807) is 11.1 Å². The summed E-state index contributed by atoms with van der Waals surface area (Å²) in [6.07, 6.45) is 2.47. The first-order valence-corrected chi connectivity index (χ1v) is 7.00. The highest BCUT2D eigenvalue weighted by molar-refractivity contribution is 5.41. The third kappa shape index (κ3) is 2.55. The zero-order valence-corrected chi connectivity index (χ0v) is 11.6. The average Bonchev–Trinajstić information content (AvgIpc) is 2.63. The van der Waals surface area contributed by atoms with Gasteiger partial charge in [0.2, 0.25) is 0 Å². The van der Waals surface area contributed by atoms with Crippen LogP contribution in [0.1, 0.15) is 75.1 Å². The lowest BCUT2D eigenvalue weighted by atomic mass is 9.96. The lowest BCUT2D eigenvalue weighted by molar-refractivity contribution is 0.505. The smallest absolute Gasteiger partial charge is 0.0328 e. The molecule has 0 aliphatic heterocycles. The molecule has 94 valence electrons. The van der Waals surface area contributed by atoms with Crippen LogP contribution in [0.15, 0.2) is 18.2 Å². The molecule has 1 N–H and O–H groups in total. The Morgan fingerprint density at radius 2 is 2.06 bits per heavy atom. The topological polar surface area (TPSA) is 12.0 Å². The van der Waals surface area contributed by atoms with E-state index in [1.165, 1.54) is 18.4 Å². The molecule has 1 aromatic carbocycles. The predicted octanol–water partition coefficient (Wildman–Crippen LogP) is 4.36. The summed E-state index contributed by atoms with van der Waals surface area (Å²) in [6.45, 7) is 10.3. The maximum absolute atomic E-state index is 3.68. The molecule has 0 saturated heterocycles. The molecule has 0 fully saturated rings. The monoisotopic (exact) mass is 231 g/mol. The minimum atomic E-state index is 0.582. The van der Waals surface area contributed by atoms with Gasteiger partial charge in [-0.3, -0.25) is 0 Å². The predicted molar refractivity (Wildman–Crippen MR) is 74.6 cm³/mol. The molecular formula is C16H25N. The molecule has 0 aromatic heterocycles. The lowest BCUT2D eigenvalue weighted by Crippen LogP contribution is -2.20. The Hall–Kier alpha value is -0.820. The molecule has 0 bridgehead atoms. The molecule has 1 aromatic rings. The van der Waals surface area contributed by atoms with Crippen LogP contribution in [0.2, 0.25) is 0 Å². The van der Waals surface area contributed by atoms with Crippen molar-refractivity contribution < 1.29 is 0 Å². The molecule has 1 aliphatic rings. The number of hydrogen-bond acceptors (Lipinski definition) is 1. The summed E-state index contributed by atoms with van der Waals surface area (Å²) >= 11 is 0. The van der Waals surface area contributed by atoms with Crippen LogP contribution in [-0.2, 0) is 0 Å². The summed E-state index contributed by atoms with van der Waals surface area (Å²) in [4.78, 5) is 0. The standard InChI is InChI=1S/C16H25N/c1-5-8-17-16-9-12(4)14-7-6-13(11(2)3)10-15(14)16/h6-7,10-12,16-17H,5,8-9H2,1-4H3. The van der Waals surface area contributed by atoms with Crippen molar-refractivity contribution in [3.05, 3.63) is 34.9 Å². The fourth-order valence-electron chi connectivity index (χ4n) is 2.82. The van der Waals surface area contributed by atoms with E-state index >= 15 is 0 Å². The Morgan fingerprint density at radius 3 is 2.71 bits per heavy atom. The van der Waals surface area contributed by atoms with Gasteiger partial charge in [0.15, 0.2) is 0 Å². The van der Waals surface area contributed by atoms with Gasteiger partial charge in [0, 0.05) is 6.04 Å². The van der Waals surface area contributed by atoms with Gasteiger partial charge < -0.3 is 5.32 Å². The van der Waals surface area contributed by atoms with E-state index in [2.05, 4.69) is 51.2 Å². The van der Waals surface area contributed by atoms with Crippen molar-refractivity contribution in [3.63, 3.8) is 0 Å². The van der Waals surface area contributed by atoms with E-state index in [4.69, 9.17) is 0 Å². The fraction of sp³-hybridized carbons (Fsp3) is 0.625. The van der Waals surface area contributed by atoms with Crippen LogP contribution < -0.4 is 5.32 Å². The van der Waals surface area contributed by atoms with Crippen molar-refractivity contribution in [2.45, 2.75) is 58.4 Å². The number of nitrogens with one attached hydrogen (secondary N) is 1. The second-order valence-electron chi connectivity index (χ2n) is 5.69. The number of benzene rings is 1. The summed E-state index contributed by atoms with van der Waals surface area (Å²) in [5, 5.41) is 3.68. The molecule has 2 atom stereocenters. The third-order valence-corrected chi connectivity index (χ3v) is 3.91. The average molecular weight is 231 g/mol. The molecule has 1 nitrogen and oxygen atoms in total. The summed E-state index contributed by atoms with van der Waals surface area (Å²) in [5.74, 6) is 1.34. The fourth-order valence-corrected chi connectivity index (χ4v) is 2.82. The molecule has 0 amide bonds. The Balaban J connectivity index is 2.26. The van der Waals surface area contributed by atoms with Crippen molar-refractivity contribution in [3.8, 4) is 0 Å². The molecule has 0 radical (unpaired) electrons. The largest absolute Gasteiger partial charge is 0.310 e. The zero-order chi connectivity index (χ0) is 12.4. The second-order valence-corrected chi connectivity index (χ2v) is 5.69.